The first kappa shape index (κ1) is 17.3. The number of rotatable bonds is 6. The Kier molecular flexibility index (Phi) is 6.68. The van der Waals surface area contributed by atoms with Crippen LogP contribution in [0.2, 0.25) is 0 Å². The average Bonchev–Trinajstić information content (AvgIpc) is 2.49. The topological polar surface area (TPSA) is 15.3 Å². The third-order valence-corrected chi connectivity index (χ3v) is 5.70. The van der Waals surface area contributed by atoms with Crippen molar-refractivity contribution in [3.63, 3.8) is 0 Å². The summed E-state index contributed by atoms with van der Waals surface area (Å²) in [7, 11) is 0. The Hall–Kier alpha value is 0.270. The second-order valence-corrected chi connectivity index (χ2v) is 9.14. The van der Waals surface area contributed by atoms with E-state index in [0.29, 0.717) is 16.2 Å². The highest BCUT2D eigenvalue weighted by Crippen LogP contribution is 2.32. The molecular weight excluding hydrogens is 252 g/mol. The lowest BCUT2D eigenvalue weighted by Crippen LogP contribution is -2.44. The molecule has 1 heterocycles. The quantitative estimate of drug-likeness (QED) is 0.803. The number of nitrogens with one attached hydrogen (secondary N) is 1. The lowest BCUT2D eigenvalue weighted by Gasteiger charge is -2.35. The molecule has 0 aliphatic carbocycles. The van der Waals surface area contributed by atoms with E-state index in [1.54, 1.807) is 0 Å². The van der Waals surface area contributed by atoms with Gasteiger partial charge in [-0.25, -0.2) is 0 Å². The van der Waals surface area contributed by atoms with Crippen molar-refractivity contribution in [3.05, 3.63) is 0 Å². The van der Waals surface area contributed by atoms with Gasteiger partial charge in [0.15, 0.2) is 0 Å². The Labute approximate surface area is 125 Å². The Morgan fingerprint density at radius 1 is 1.32 bits per heavy atom. The van der Waals surface area contributed by atoms with E-state index in [1.807, 2.05) is 0 Å². The monoisotopic (exact) mass is 286 g/mol. The molecule has 1 aliphatic rings. The summed E-state index contributed by atoms with van der Waals surface area (Å²) in [6.45, 7) is 18.9. The highest BCUT2D eigenvalue weighted by molar-refractivity contribution is 8.00. The Morgan fingerprint density at radius 2 is 2.00 bits per heavy atom. The van der Waals surface area contributed by atoms with E-state index in [2.05, 4.69) is 63.5 Å². The van der Waals surface area contributed by atoms with Gasteiger partial charge in [-0.05, 0) is 24.8 Å². The van der Waals surface area contributed by atoms with Crippen molar-refractivity contribution in [2.75, 3.05) is 31.9 Å². The largest absolute Gasteiger partial charge is 0.314 e. The first-order chi connectivity index (χ1) is 8.76. The molecule has 114 valence electrons. The summed E-state index contributed by atoms with van der Waals surface area (Å²) in [6.07, 6.45) is 2.56. The Morgan fingerprint density at radius 3 is 2.58 bits per heavy atom. The third kappa shape index (κ3) is 6.50. The van der Waals surface area contributed by atoms with E-state index in [1.165, 1.54) is 38.2 Å². The zero-order chi connectivity index (χ0) is 14.5. The predicted molar refractivity (Wildman–Crippen MR) is 89.1 cm³/mol. The fraction of sp³-hybridized carbons (Fsp3) is 1.00. The van der Waals surface area contributed by atoms with Gasteiger partial charge in [-0.2, -0.15) is 11.8 Å². The van der Waals surface area contributed by atoms with Crippen LogP contribution < -0.4 is 5.32 Å². The SMILES string of the molecule is CCC(C)(CNC(C)C)CN1CCSC(C)(C)CC1. The minimum Gasteiger partial charge on any atom is -0.314 e. The lowest BCUT2D eigenvalue weighted by atomic mass is 9.86. The zero-order valence-electron chi connectivity index (χ0n) is 13.9. The molecular formula is C16H34N2S. The smallest absolute Gasteiger partial charge is 0.0116 e. The van der Waals surface area contributed by atoms with Gasteiger partial charge in [0.05, 0.1) is 0 Å². The molecule has 1 N–H and O–H groups in total. The number of hydrogen-bond acceptors (Lipinski definition) is 3. The van der Waals surface area contributed by atoms with Gasteiger partial charge in [0.25, 0.3) is 0 Å². The van der Waals surface area contributed by atoms with Crippen molar-refractivity contribution < 1.29 is 0 Å². The van der Waals surface area contributed by atoms with E-state index in [4.69, 9.17) is 0 Å². The van der Waals surface area contributed by atoms with Gasteiger partial charge < -0.3 is 10.2 Å². The van der Waals surface area contributed by atoms with Crippen LogP contribution in [0, 0.1) is 5.41 Å². The summed E-state index contributed by atoms with van der Waals surface area (Å²) in [6, 6.07) is 0.587. The van der Waals surface area contributed by atoms with E-state index in [9.17, 15) is 0 Å². The molecule has 0 aromatic heterocycles. The lowest BCUT2D eigenvalue weighted by molar-refractivity contribution is 0.157. The van der Waals surface area contributed by atoms with E-state index in [0.717, 1.165) is 6.54 Å². The molecule has 0 spiro atoms. The molecule has 19 heavy (non-hydrogen) atoms. The molecule has 1 atom stereocenters. The minimum atomic E-state index is 0.406. The molecule has 0 aromatic carbocycles. The molecule has 2 nitrogen and oxygen atoms in total. The van der Waals surface area contributed by atoms with E-state index >= 15 is 0 Å². The number of hydrogen-bond donors (Lipinski definition) is 1. The third-order valence-electron chi connectivity index (χ3n) is 4.33. The van der Waals surface area contributed by atoms with Gasteiger partial charge in [0.1, 0.15) is 0 Å². The van der Waals surface area contributed by atoms with E-state index < -0.39 is 0 Å². The molecule has 0 saturated carbocycles. The molecule has 1 rings (SSSR count). The van der Waals surface area contributed by atoms with Gasteiger partial charge in [-0.1, -0.05) is 41.5 Å². The normalized spacial score (nSPS) is 24.2. The summed E-state index contributed by atoms with van der Waals surface area (Å²) in [5, 5.41) is 3.63. The maximum absolute atomic E-state index is 3.63. The minimum absolute atomic E-state index is 0.406. The van der Waals surface area contributed by atoms with Crippen molar-refractivity contribution in [2.24, 2.45) is 5.41 Å². The van der Waals surface area contributed by atoms with Crippen LogP contribution in [-0.2, 0) is 0 Å². The van der Waals surface area contributed by atoms with Crippen LogP contribution in [0.15, 0.2) is 0 Å². The molecule has 1 aliphatic heterocycles. The van der Waals surface area contributed by atoms with Crippen LogP contribution >= 0.6 is 11.8 Å². The van der Waals surface area contributed by atoms with Crippen molar-refractivity contribution in [3.8, 4) is 0 Å². The van der Waals surface area contributed by atoms with Gasteiger partial charge in [0.2, 0.25) is 0 Å². The number of thioether (sulfide) groups is 1. The van der Waals surface area contributed by atoms with E-state index in [-0.39, 0.29) is 0 Å². The first-order valence-corrected chi connectivity index (χ1v) is 8.85. The van der Waals surface area contributed by atoms with Crippen molar-refractivity contribution >= 4 is 11.8 Å². The van der Waals surface area contributed by atoms with Crippen molar-refractivity contribution in [1.29, 1.82) is 0 Å². The maximum Gasteiger partial charge on any atom is 0.0116 e. The second kappa shape index (κ2) is 7.33. The Bertz CT molecular complexity index is 265. The Balaban J connectivity index is 2.50. The van der Waals surface area contributed by atoms with Crippen molar-refractivity contribution in [2.45, 2.75) is 65.2 Å². The summed E-state index contributed by atoms with van der Waals surface area (Å²) in [5.74, 6) is 1.28. The fourth-order valence-electron chi connectivity index (χ4n) is 2.50. The van der Waals surface area contributed by atoms with Gasteiger partial charge in [-0.3, -0.25) is 0 Å². The van der Waals surface area contributed by atoms with Crippen LogP contribution in [0.4, 0.5) is 0 Å². The van der Waals surface area contributed by atoms with Crippen LogP contribution in [0.3, 0.4) is 0 Å². The van der Waals surface area contributed by atoms with Gasteiger partial charge >= 0.3 is 0 Å². The molecule has 0 bridgehead atoms. The average molecular weight is 287 g/mol. The number of nitrogens with zero attached hydrogens (tertiary/aromatic N) is 1. The second-order valence-electron chi connectivity index (χ2n) is 7.33. The highest BCUT2D eigenvalue weighted by Gasteiger charge is 2.29. The van der Waals surface area contributed by atoms with Gasteiger partial charge in [0, 0.05) is 36.2 Å². The summed E-state index contributed by atoms with van der Waals surface area (Å²) >= 11 is 2.14. The van der Waals surface area contributed by atoms with Crippen LogP contribution in [0.5, 0.6) is 0 Å². The van der Waals surface area contributed by atoms with Crippen LogP contribution in [0.25, 0.3) is 0 Å². The van der Waals surface area contributed by atoms with Crippen LogP contribution in [0.1, 0.15) is 54.4 Å². The molecule has 0 aromatic rings. The maximum atomic E-state index is 3.63. The molecule has 3 heteroatoms. The predicted octanol–water partition coefficient (Wildman–Crippen LogP) is 3.62. The fourth-order valence-corrected chi connectivity index (χ4v) is 3.64. The summed E-state index contributed by atoms with van der Waals surface area (Å²) < 4.78 is 0.466. The molecule has 1 fully saturated rings. The van der Waals surface area contributed by atoms with Crippen LogP contribution in [-0.4, -0.2) is 47.6 Å². The summed E-state index contributed by atoms with van der Waals surface area (Å²) in [4.78, 5) is 2.69. The van der Waals surface area contributed by atoms with Gasteiger partial charge in [-0.15, -0.1) is 0 Å². The summed E-state index contributed by atoms with van der Waals surface area (Å²) in [5.41, 5.74) is 0.406. The molecule has 1 saturated heterocycles. The first-order valence-electron chi connectivity index (χ1n) is 7.86. The zero-order valence-corrected chi connectivity index (χ0v) is 14.7. The molecule has 0 radical (unpaired) electrons. The standard InChI is InChI=1S/C16H34N2S/c1-7-16(6,12-17-14(2)3)13-18-9-8-15(4,5)19-11-10-18/h14,17H,7-13H2,1-6H3. The van der Waals surface area contributed by atoms with Crippen molar-refractivity contribution in [1.82, 2.24) is 10.2 Å². The molecule has 0 amide bonds. The highest BCUT2D eigenvalue weighted by atomic mass is 32.2. The molecule has 1 unspecified atom stereocenters.